The molecule has 0 spiro atoms. The van der Waals surface area contributed by atoms with E-state index >= 15 is 0 Å². The molecule has 0 heterocycles. The van der Waals surface area contributed by atoms with E-state index in [1.54, 1.807) is 0 Å². The molecule has 92 valence electrons. The Morgan fingerprint density at radius 2 is 2.00 bits per heavy atom. The maximum atomic E-state index is 12.6. The molecule has 1 amide bonds. The second kappa shape index (κ2) is 6.53. The Balaban J connectivity index is 2.50. The first kappa shape index (κ1) is 13.9. The van der Waals surface area contributed by atoms with Crippen molar-refractivity contribution in [2.75, 3.05) is 13.7 Å². The van der Waals surface area contributed by atoms with Gasteiger partial charge in [0.25, 0.3) is 5.91 Å². The number of alkyl halides is 1. The summed E-state index contributed by atoms with van der Waals surface area (Å²) in [5.74, 6) is -1.15. The van der Waals surface area contributed by atoms with Crippen LogP contribution in [-0.4, -0.2) is 29.5 Å². The Bertz CT molecular complexity index is 408. The van der Waals surface area contributed by atoms with Gasteiger partial charge in [-0.15, -0.1) is 0 Å². The van der Waals surface area contributed by atoms with Crippen LogP contribution in [0.2, 0.25) is 0 Å². The fourth-order valence-electron chi connectivity index (χ4n) is 1.10. The van der Waals surface area contributed by atoms with Crippen LogP contribution in [0.4, 0.5) is 4.39 Å². The molecule has 1 unspecified atom stereocenters. The van der Waals surface area contributed by atoms with Gasteiger partial charge in [-0.3, -0.25) is 9.59 Å². The normalized spacial score (nSPS) is 11.7. The fraction of sp³-hybridized carbons (Fsp3) is 0.273. The molecule has 0 aliphatic carbocycles. The highest BCUT2D eigenvalue weighted by atomic mass is 127. The highest BCUT2D eigenvalue weighted by Gasteiger charge is 2.16. The third-order valence-corrected chi connectivity index (χ3v) is 2.95. The van der Waals surface area contributed by atoms with Crippen LogP contribution in [0.1, 0.15) is 10.4 Å². The summed E-state index contributed by atoms with van der Waals surface area (Å²) in [7, 11) is 1.29. The molecule has 1 aromatic rings. The van der Waals surface area contributed by atoms with Crippen molar-refractivity contribution >= 4 is 34.5 Å². The van der Waals surface area contributed by atoms with Crippen LogP contribution < -0.4 is 5.32 Å². The molecule has 1 aromatic carbocycles. The second-order valence-electron chi connectivity index (χ2n) is 3.21. The van der Waals surface area contributed by atoms with E-state index in [2.05, 4.69) is 10.1 Å². The Kier molecular flexibility index (Phi) is 5.33. The predicted octanol–water partition coefficient (Wildman–Crippen LogP) is 1.53. The number of carbonyl (C=O) groups is 2. The third-order valence-electron chi connectivity index (χ3n) is 2.01. The maximum absolute atomic E-state index is 12.6. The summed E-state index contributed by atoms with van der Waals surface area (Å²) in [5, 5.41) is 2.56. The number of ether oxygens (including phenoxy) is 1. The lowest BCUT2D eigenvalue weighted by molar-refractivity contribution is -0.139. The number of methoxy groups -OCH3 is 1. The summed E-state index contributed by atoms with van der Waals surface area (Å²) in [6.07, 6.45) is 0. The van der Waals surface area contributed by atoms with Gasteiger partial charge in [-0.1, -0.05) is 22.6 Å². The highest BCUT2D eigenvalue weighted by molar-refractivity contribution is 14.1. The molecule has 0 aliphatic heterocycles. The van der Waals surface area contributed by atoms with Crippen molar-refractivity contribution in [3.8, 4) is 0 Å². The van der Waals surface area contributed by atoms with Crippen LogP contribution in [0.15, 0.2) is 24.3 Å². The molecular weight excluding hydrogens is 340 g/mol. The predicted molar refractivity (Wildman–Crippen MR) is 68.6 cm³/mol. The summed E-state index contributed by atoms with van der Waals surface area (Å²) in [6, 6.07) is 5.17. The van der Waals surface area contributed by atoms with Crippen LogP contribution in [0.25, 0.3) is 0 Å². The van der Waals surface area contributed by atoms with Gasteiger partial charge in [-0.25, -0.2) is 4.39 Å². The van der Waals surface area contributed by atoms with E-state index < -0.39 is 15.7 Å². The Hall–Kier alpha value is -1.18. The van der Waals surface area contributed by atoms with Crippen molar-refractivity contribution < 1.29 is 18.7 Å². The molecule has 1 atom stereocenters. The molecule has 0 aromatic heterocycles. The van der Waals surface area contributed by atoms with E-state index in [0.29, 0.717) is 5.56 Å². The quantitative estimate of drug-likeness (QED) is 0.509. The average Bonchev–Trinajstić information content (AvgIpc) is 2.35. The smallest absolute Gasteiger partial charge is 0.320 e. The summed E-state index contributed by atoms with van der Waals surface area (Å²) in [6.45, 7) is 0.170. The number of amides is 1. The van der Waals surface area contributed by atoms with E-state index in [4.69, 9.17) is 0 Å². The van der Waals surface area contributed by atoms with Gasteiger partial charge in [0, 0.05) is 12.1 Å². The number of rotatable bonds is 4. The Labute approximate surface area is 112 Å². The first-order valence-corrected chi connectivity index (χ1v) is 6.05. The van der Waals surface area contributed by atoms with Crippen molar-refractivity contribution in [1.29, 1.82) is 0 Å². The van der Waals surface area contributed by atoms with E-state index in [0.717, 1.165) is 0 Å². The molecule has 1 N–H and O–H groups in total. The summed E-state index contributed by atoms with van der Waals surface area (Å²) in [4.78, 5) is 22.7. The van der Waals surface area contributed by atoms with Gasteiger partial charge in [0.2, 0.25) is 0 Å². The summed E-state index contributed by atoms with van der Waals surface area (Å²) >= 11 is 1.88. The van der Waals surface area contributed by atoms with Crippen LogP contribution in [0.5, 0.6) is 0 Å². The molecule has 0 saturated carbocycles. The van der Waals surface area contributed by atoms with Gasteiger partial charge in [-0.2, -0.15) is 0 Å². The van der Waals surface area contributed by atoms with Gasteiger partial charge >= 0.3 is 5.97 Å². The van der Waals surface area contributed by atoms with Crippen molar-refractivity contribution in [3.05, 3.63) is 35.6 Å². The molecule has 0 fully saturated rings. The molecule has 6 heteroatoms. The first-order chi connectivity index (χ1) is 8.04. The molecular formula is C11H11FINO3. The zero-order valence-electron chi connectivity index (χ0n) is 9.07. The van der Waals surface area contributed by atoms with Gasteiger partial charge in [0.05, 0.1) is 7.11 Å². The van der Waals surface area contributed by atoms with E-state index in [9.17, 15) is 14.0 Å². The lowest BCUT2D eigenvalue weighted by atomic mass is 10.2. The minimum atomic E-state index is -0.443. The van der Waals surface area contributed by atoms with Crippen molar-refractivity contribution in [1.82, 2.24) is 5.32 Å². The number of carbonyl (C=O) groups excluding carboxylic acids is 2. The zero-order chi connectivity index (χ0) is 12.8. The minimum Gasteiger partial charge on any atom is -0.468 e. The molecule has 0 saturated heterocycles. The summed E-state index contributed by atoms with van der Waals surface area (Å²) < 4.78 is 16.7. The molecule has 0 radical (unpaired) electrons. The highest BCUT2D eigenvalue weighted by Crippen LogP contribution is 2.04. The van der Waals surface area contributed by atoms with E-state index in [1.807, 2.05) is 22.6 Å². The monoisotopic (exact) mass is 351 g/mol. The topological polar surface area (TPSA) is 55.4 Å². The number of esters is 1. The van der Waals surface area contributed by atoms with Crippen LogP contribution in [-0.2, 0) is 9.53 Å². The maximum Gasteiger partial charge on any atom is 0.320 e. The Morgan fingerprint density at radius 3 is 2.53 bits per heavy atom. The van der Waals surface area contributed by atoms with Crippen LogP contribution in [0, 0.1) is 5.82 Å². The van der Waals surface area contributed by atoms with E-state index in [1.165, 1.54) is 31.4 Å². The van der Waals surface area contributed by atoms with E-state index in [-0.39, 0.29) is 12.5 Å². The minimum absolute atomic E-state index is 0.170. The van der Waals surface area contributed by atoms with Crippen molar-refractivity contribution in [2.24, 2.45) is 0 Å². The lowest BCUT2D eigenvalue weighted by Crippen LogP contribution is -2.33. The molecule has 17 heavy (non-hydrogen) atoms. The second-order valence-corrected chi connectivity index (χ2v) is 4.71. The number of hydrogen-bond acceptors (Lipinski definition) is 3. The number of halogens is 2. The lowest BCUT2D eigenvalue weighted by Gasteiger charge is -2.09. The molecule has 0 bridgehead atoms. The average molecular weight is 351 g/mol. The van der Waals surface area contributed by atoms with Gasteiger partial charge in [-0.05, 0) is 24.3 Å². The van der Waals surface area contributed by atoms with Crippen LogP contribution in [0.3, 0.4) is 0 Å². The number of hydrogen-bond donors (Lipinski definition) is 1. The SMILES string of the molecule is COC(=O)C(I)CNC(=O)c1ccc(F)cc1. The standard InChI is InChI=1S/C11H11FINO3/c1-17-11(16)9(13)6-14-10(15)7-2-4-8(12)5-3-7/h2-5,9H,6H2,1H3,(H,14,15). The van der Waals surface area contributed by atoms with Gasteiger partial charge < -0.3 is 10.1 Å². The van der Waals surface area contributed by atoms with Gasteiger partial charge in [0.1, 0.15) is 9.74 Å². The molecule has 1 rings (SSSR count). The Morgan fingerprint density at radius 1 is 1.41 bits per heavy atom. The molecule has 0 aliphatic rings. The summed E-state index contributed by atoms with van der Waals surface area (Å²) in [5.41, 5.74) is 0.347. The van der Waals surface area contributed by atoms with Crippen molar-refractivity contribution in [2.45, 2.75) is 3.92 Å². The van der Waals surface area contributed by atoms with Crippen LogP contribution >= 0.6 is 22.6 Å². The first-order valence-electron chi connectivity index (χ1n) is 4.80. The number of benzene rings is 1. The third kappa shape index (κ3) is 4.29. The van der Waals surface area contributed by atoms with Gasteiger partial charge in [0.15, 0.2) is 0 Å². The van der Waals surface area contributed by atoms with Crippen molar-refractivity contribution in [3.63, 3.8) is 0 Å². The zero-order valence-corrected chi connectivity index (χ0v) is 11.2. The molecule has 4 nitrogen and oxygen atoms in total. The number of nitrogens with one attached hydrogen (secondary N) is 1. The largest absolute Gasteiger partial charge is 0.468 e. The fourth-order valence-corrected chi connectivity index (χ4v) is 1.57.